The molecule has 0 aliphatic carbocycles. The average Bonchev–Trinajstić information content (AvgIpc) is 2.48. The number of ether oxygens (including phenoxy) is 1. The molecule has 1 N–H and O–H groups in total. The molecular formula is C20H24BrNO2. The van der Waals surface area contributed by atoms with Crippen LogP contribution in [0.15, 0.2) is 46.9 Å². The van der Waals surface area contributed by atoms with E-state index in [1.807, 2.05) is 49.4 Å². The summed E-state index contributed by atoms with van der Waals surface area (Å²) in [5.41, 5.74) is 3.11. The van der Waals surface area contributed by atoms with E-state index in [0.29, 0.717) is 5.75 Å². The Morgan fingerprint density at radius 2 is 1.88 bits per heavy atom. The standard InChI is InChI=1S/C20H24BrNO2/c1-13-7-6-8-16(11-13)24-14(2)19(23)22-18-10-9-15(12-17(18)21)20(3,4)5/h6-12,14H,1-5H3,(H,22,23). The second-order valence-electron chi connectivity index (χ2n) is 7.01. The average molecular weight is 390 g/mol. The molecule has 3 nitrogen and oxygen atoms in total. The fourth-order valence-electron chi connectivity index (χ4n) is 2.26. The molecule has 2 aromatic carbocycles. The Morgan fingerprint density at radius 1 is 1.17 bits per heavy atom. The van der Waals surface area contributed by atoms with Gasteiger partial charge in [-0.1, -0.05) is 39.0 Å². The maximum atomic E-state index is 12.4. The number of carbonyl (C=O) groups is 1. The van der Waals surface area contributed by atoms with E-state index in [9.17, 15) is 4.79 Å². The summed E-state index contributed by atoms with van der Waals surface area (Å²) in [5, 5.41) is 2.91. The molecule has 0 aliphatic rings. The lowest BCUT2D eigenvalue weighted by Crippen LogP contribution is -2.30. The summed E-state index contributed by atoms with van der Waals surface area (Å²) in [6.07, 6.45) is -0.582. The lowest BCUT2D eigenvalue weighted by Gasteiger charge is -2.21. The summed E-state index contributed by atoms with van der Waals surface area (Å²) in [7, 11) is 0. The molecule has 1 unspecified atom stereocenters. The Balaban J connectivity index is 2.06. The Hall–Kier alpha value is -1.81. The van der Waals surface area contributed by atoms with E-state index < -0.39 is 6.10 Å². The first kappa shape index (κ1) is 18.5. The van der Waals surface area contributed by atoms with Gasteiger partial charge in [0, 0.05) is 4.47 Å². The van der Waals surface area contributed by atoms with Gasteiger partial charge >= 0.3 is 0 Å². The van der Waals surface area contributed by atoms with Crippen molar-refractivity contribution in [3.05, 3.63) is 58.1 Å². The fourth-order valence-corrected chi connectivity index (χ4v) is 2.74. The van der Waals surface area contributed by atoms with Crippen LogP contribution in [-0.2, 0) is 10.2 Å². The molecule has 0 saturated heterocycles. The van der Waals surface area contributed by atoms with Crippen LogP contribution in [0.5, 0.6) is 5.75 Å². The second-order valence-corrected chi connectivity index (χ2v) is 7.86. The third-order valence-corrected chi connectivity index (χ3v) is 4.42. The second kappa shape index (κ2) is 7.39. The SMILES string of the molecule is Cc1cccc(OC(C)C(=O)Nc2ccc(C(C)(C)C)cc2Br)c1. The minimum Gasteiger partial charge on any atom is -0.481 e. The van der Waals surface area contributed by atoms with Crippen molar-refractivity contribution in [3.63, 3.8) is 0 Å². The van der Waals surface area contributed by atoms with Crippen molar-refractivity contribution in [1.82, 2.24) is 0 Å². The van der Waals surface area contributed by atoms with Crippen LogP contribution in [-0.4, -0.2) is 12.0 Å². The van der Waals surface area contributed by atoms with Crippen molar-refractivity contribution in [2.75, 3.05) is 5.32 Å². The number of anilines is 1. The van der Waals surface area contributed by atoms with Gasteiger partial charge in [0.05, 0.1) is 5.69 Å². The van der Waals surface area contributed by atoms with E-state index in [4.69, 9.17) is 4.74 Å². The number of rotatable bonds is 4. The van der Waals surface area contributed by atoms with E-state index >= 15 is 0 Å². The number of amides is 1. The highest BCUT2D eigenvalue weighted by Gasteiger charge is 2.18. The minimum absolute atomic E-state index is 0.0621. The first-order valence-corrected chi connectivity index (χ1v) is 8.80. The molecule has 128 valence electrons. The number of carbonyl (C=O) groups excluding carboxylic acids is 1. The maximum absolute atomic E-state index is 12.4. The van der Waals surface area contributed by atoms with Crippen LogP contribution in [0.4, 0.5) is 5.69 Å². The number of halogens is 1. The first-order chi connectivity index (χ1) is 11.2. The monoisotopic (exact) mass is 389 g/mol. The van der Waals surface area contributed by atoms with Gasteiger partial charge in [-0.2, -0.15) is 0 Å². The van der Waals surface area contributed by atoms with E-state index in [0.717, 1.165) is 15.7 Å². The van der Waals surface area contributed by atoms with Crippen molar-refractivity contribution in [2.45, 2.75) is 46.1 Å². The zero-order valence-electron chi connectivity index (χ0n) is 14.8. The Bertz CT molecular complexity index is 735. The third-order valence-electron chi connectivity index (χ3n) is 3.76. The zero-order valence-corrected chi connectivity index (χ0v) is 16.4. The Kier molecular flexibility index (Phi) is 5.70. The summed E-state index contributed by atoms with van der Waals surface area (Å²) < 4.78 is 6.59. The molecule has 4 heteroatoms. The van der Waals surface area contributed by atoms with Crippen molar-refractivity contribution in [2.24, 2.45) is 0 Å². The van der Waals surface area contributed by atoms with Gasteiger partial charge in [0.1, 0.15) is 5.75 Å². The third kappa shape index (κ3) is 4.84. The highest BCUT2D eigenvalue weighted by molar-refractivity contribution is 9.10. The molecule has 24 heavy (non-hydrogen) atoms. The van der Waals surface area contributed by atoms with Crippen molar-refractivity contribution >= 4 is 27.5 Å². The van der Waals surface area contributed by atoms with Gasteiger partial charge in [-0.3, -0.25) is 4.79 Å². The molecule has 0 heterocycles. The topological polar surface area (TPSA) is 38.3 Å². The minimum atomic E-state index is -0.582. The van der Waals surface area contributed by atoms with Gasteiger partial charge in [0.2, 0.25) is 0 Å². The van der Waals surface area contributed by atoms with Crippen LogP contribution in [0.2, 0.25) is 0 Å². The van der Waals surface area contributed by atoms with Gasteiger partial charge in [0.15, 0.2) is 6.10 Å². The Morgan fingerprint density at radius 3 is 2.46 bits per heavy atom. The summed E-state index contributed by atoms with van der Waals surface area (Å²) >= 11 is 3.54. The molecule has 0 bridgehead atoms. The van der Waals surface area contributed by atoms with Gasteiger partial charge in [-0.15, -0.1) is 0 Å². The number of hydrogen-bond acceptors (Lipinski definition) is 2. The summed E-state index contributed by atoms with van der Waals surface area (Å²) in [5.74, 6) is 0.514. The molecule has 0 spiro atoms. The first-order valence-electron chi connectivity index (χ1n) is 8.01. The van der Waals surface area contributed by atoms with Gasteiger partial charge < -0.3 is 10.1 Å². The van der Waals surface area contributed by atoms with Crippen LogP contribution in [0.1, 0.15) is 38.8 Å². The quantitative estimate of drug-likeness (QED) is 0.753. The van der Waals surface area contributed by atoms with Gasteiger partial charge in [-0.05, 0) is 70.6 Å². The summed E-state index contributed by atoms with van der Waals surface area (Å²) in [4.78, 5) is 12.4. The van der Waals surface area contributed by atoms with Crippen molar-refractivity contribution in [3.8, 4) is 5.75 Å². The zero-order chi connectivity index (χ0) is 17.9. The number of hydrogen-bond donors (Lipinski definition) is 1. The Labute approximate surface area is 152 Å². The number of benzene rings is 2. The van der Waals surface area contributed by atoms with E-state index in [1.54, 1.807) is 6.92 Å². The maximum Gasteiger partial charge on any atom is 0.265 e. The predicted octanol–water partition coefficient (Wildman–Crippen LogP) is 5.46. The molecule has 0 aromatic heterocycles. The fraction of sp³-hybridized carbons (Fsp3) is 0.350. The van der Waals surface area contributed by atoms with Crippen LogP contribution in [0, 0.1) is 6.92 Å². The van der Waals surface area contributed by atoms with Crippen LogP contribution >= 0.6 is 15.9 Å². The van der Waals surface area contributed by atoms with Crippen LogP contribution in [0.3, 0.4) is 0 Å². The van der Waals surface area contributed by atoms with Gasteiger partial charge in [0.25, 0.3) is 5.91 Å². The van der Waals surface area contributed by atoms with E-state index in [-0.39, 0.29) is 11.3 Å². The van der Waals surface area contributed by atoms with Crippen molar-refractivity contribution in [1.29, 1.82) is 0 Å². The molecule has 2 aromatic rings. The lowest BCUT2D eigenvalue weighted by atomic mass is 9.87. The molecule has 0 fully saturated rings. The summed E-state index contributed by atoms with van der Waals surface area (Å²) in [6.45, 7) is 10.2. The largest absolute Gasteiger partial charge is 0.481 e. The molecule has 1 atom stereocenters. The molecule has 0 radical (unpaired) electrons. The van der Waals surface area contributed by atoms with Crippen LogP contribution < -0.4 is 10.1 Å². The highest BCUT2D eigenvalue weighted by atomic mass is 79.9. The molecule has 0 saturated carbocycles. The number of nitrogens with one attached hydrogen (secondary N) is 1. The molecule has 2 rings (SSSR count). The molecule has 0 aliphatic heterocycles. The van der Waals surface area contributed by atoms with Crippen LogP contribution in [0.25, 0.3) is 0 Å². The lowest BCUT2D eigenvalue weighted by molar-refractivity contribution is -0.122. The van der Waals surface area contributed by atoms with E-state index in [1.165, 1.54) is 5.56 Å². The predicted molar refractivity (Wildman–Crippen MR) is 103 cm³/mol. The smallest absolute Gasteiger partial charge is 0.265 e. The number of aryl methyl sites for hydroxylation is 1. The van der Waals surface area contributed by atoms with Crippen molar-refractivity contribution < 1.29 is 9.53 Å². The summed E-state index contributed by atoms with van der Waals surface area (Å²) in [6, 6.07) is 13.7. The normalized spacial score (nSPS) is 12.6. The van der Waals surface area contributed by atoms with E-state index in [2.05, 4.69) is 42.0 Å². The molecular weight excluding hydrogens is 366 g/mol. The molecule has 1 amide bonds. The van der Waals surface area contributed by atoms with Gasteiger partial charge in [-0.25, -0.2) is 0 Å². The highest BCUT2D eigenvalue weighted by Crippen LogP contribution is 2.30.